The molecule has 2 fully saturated rings. The van der Waals surface area contributed by atoms with Crippen molar-refractivity contribution in [3.8, 4) is 0 Å². The van der Waals surface area contributed by atoms with Crippen LogP contribution in [0.3, 0.4) is 0 Å². The van der Waals surface area contributed by atoms with Gasteiger partial charge in [0.1, 0.15) is 0 Å². The van der Waals surface area contributed by atoms with Gasteiger partial charge in [-0.2, -0.15) is 0 Å². The average molecular weight is 598 g/mol. The van der Waals surface area contributed by atoms with E-state index in [-0.39, 0.29) is 33.4 Å². The van der Waals surface area contributed by atoms with Crippen LogP contribution >= 0.6 is 0 Å². The van der Waals surface area contributed by atoms with Gasteiger partial charge < -0.3 is 19.6 Å². The number of hydrogen-bond acceptors (Lipinski definition) is 4. The van der Waals surface area contributed by atoms with Crippen LogP contribution in [0.1, 0.15) is 103 Å². The van der Waals surface area contributed by atoms with Crippen LogP contribution in [0.5, 0.6) is 0 Å². The van der Waals surface area contributed by atoms with Crippen LogP contribution in [0.25, 0.3) is 16.5 Å². The Morgan fingerprint density at radius 2 is 1.82 bits per heavy atom. The summed E-state index contributed by atoms with van der Waals surface area (Å²) in [5, 5.41) is 12.9. The van der Waals surface area contributed by atoms with Gasteiger partial charge in [0.2, 0.25) is 0 Å². The largest absolute Gasteiger partial charge is 0.466 e. The highest BCUT2D eigenvalue weighted by Gasteiger charge is 2.66. The van der Waals surface area contributed by atoms with Gasteiger partial charge in [-0.3, -0.25) is 0 Å². The van der Waals surface area contributed by atoms with Crippen molar-refractivity contribution in [3.63, 3.8) is 0 Å². The summed E-state index contributed by atoms with van der Waals surface area (Å²) in [6, 6.07) is 4.96. The Morgan fingerprint density at radius 3 is 2.55 bits per heavy atom. The summed E-state index contributed by atoms with van der Waals surface area (Å²) in [7, 11) is 1.41. The lowest BCUT2D eigenvalue weighted by molar-refractivity contribution is -0.144. The zero-order valence-electron chi connectivity index (χ0n) is 28.2. The lowest BCUT2D eigenvalue weighted by atomic mass is 9.40. The second-order valence-electron chi connectivity index (χ2n) is 16.5. The highest BCUT2D eigenvalue weighted by molar-refractivity contribution is 5.93. The molecule has 1 aromatic carbocycles. The first kappa shape index (κ1) is 30.0. The van der Waals surface area contributed by atoms with Crippen molar-refractivity contribution >= 4 is 22.4 Å². The first-order valence-electron chi connectivity index (χ1n) is 16.8. The SMILES string of the molecule is COC(=O)/C(C)=C/C=C\[C@]1(C)[C@@H](O)CC[C@@]2(C)[C@H]1CC[C@H]1Cc3c([nH]c4cc5c(cc34)C3=CC(C)(C)OC(C)(C)[C@H]3C5)[C@@]12C. The normalized spacial score (nSPS) is 38.5. The maximum Gasteiger partial charge on any atom is 0.333 e. The van der Waals surface area contributed by atoms with Crippen molar-refractivity contribution < 1.29 is 19.4 Å². The highest BCUT2D eigenvalue weighted by Crippen LogP contribution is 2.70. The third-order valence-electron chi connectivity index (χ3n) is 13.4. The van der Waals surface area contributed by atoms with Gasteiger partial charge in [0.25, 0.3) is 0 Å². The van der Waals surface area contributed by atoms with E-state index in [0.29, 0.717) is 23.3 Å². The molecular weight excluding hydrogens is 546 g/mol. The van der Waals surface area contributed by atoms with E-state index >= 15 is 0 Å². The lowest BCUT2D eigenvalue weighted by Crippen LogP contribution is -2.61. The van der Waals surface area contributed by atoms with Gasteiger partial charge in [-0.25, -0.2) is 4.79 Å². The number of H-pyrrole nitrogens is 1. The van der Waals surface area contributed by atoms with Gasteiger partial charge in [0.15, 0.2) is 0 Å². The molecule has 4 aliphatic carbocycles. The predicted molar refractivity (Wildman–Crippen MR) is 176 cm³/mol. The van der Waals surface area contributed by atoms with E-state index in [0.717, 1.165) is 38.5 Å². The molecule has 2 saturated carbocycles. The van der Waals surface area contributed by atoms with Crippen LogP contribution in [0.15, 0.2) is 42.0 Å². The number of carbonyl (C=O) groups is 1. The zero-order valence-corrected chi connectivity index (χ0v) is 28.2. The predicted octanol–water partition coefficient (Wildman–Crippen LogP) is 7.99. The third kappa shape index (κ3) is 3.93. The van der Waals surface area contributed by atoms with Crippen molar-refractivity contribution in [1.82, 2.24) is 4.98 Å². The van der Waals surface area contributed by atoms with Crippen molar-refractivity contribution in [3.05, 3.63) is 64.4 Å². The van der Waals surface area contributed by atoms with Gasteiger partial charge in [0, 0.05) is 38.9 Å². The van der Waals surface area contributed by atoms with Crippen LogP contribution in [-0.2, 0) is 32.5 Å². The molecule has 2 aromatic rings. The quantitative estimate of drug-likeness (QED) is 0.214. The molecule has 0 amide bonds. The number of aliphatic hydroxyl groups is 1. The maximum absolute atomic E-state index is 12.0. The van der Waals surface area contributed by atoms with Crippen LogP contribution < -0.4 is 0 Å². The second kappa shape index (κ2) is 9.45. The number of aromatic amines is 1. The lowest BCUT2D eigenvalue weighted by Gasteiger charge is -2.64. The number of aliphatic hydroxyl groups excluding tert-OH is 1. The van der Waals surface area contributed by atoms with Crippen LogP contribution in [-0.4, -0.2) is 40.5 Å². The number of allylic oxidation sites excluding steroid dienone is 2. The Labute approximate surface area is 263 Å². The molecular formula is C39H51NO4. The molecule has 5 aliphatic rings. The van der Waals surface area contributed by atoms with E-state index in [4.69, 9.17) is 9.47 Å². The average Bonchev–Trinajstić information content (AvgIpc) is 3.58. The minimum absolute atomic E-state index is 0.00775. The molecule has 236 valence electrons. The molecule has 44 heavy (non-hydrogen) atoms. The number of ether oxygens (including phenoxy) is 2. The fraction of sp³-hybridized carbons (Fsp3) is 0.615. The molecule has 5 nitrogen and oxygen atoms in total. The number of esters is 1. The molecule has 2 heterocycles. The van der Waals surface area contributed by atoms with Gasteiger partial charge in [0.05, 0.1) is 24.4 Å². The fourth-order valence-corrected chi connectivity index (χ4v) is 11.0. The van der Waals surface area contributed by atoms with Crippen molar-refractivity contribution in [2.45, 2.75) is 117 Å². The summed E-state index contributed by atoms with van der Waals surface area (Å²) in [6.45, 7) is 17.9. The van der Waals surface area contributed by atoms with E-state index in [1.807, 2.05) is 12.2 Å². The van der Waals surface area contributed by atoms with E-state index in [1.54, 1.807) is 6.92 Å². The number of nitrogens with one attached hydrogen (secondary N) is 1. The Kier molecular flexibility index (Phi) is 6.45. The highest BCUT2D eigenvalue weighted by atomic mass is 16.5. The molecule has 1 aromatic heterocycles. The maximum atomic E-state index is 12.0. The van der Waals surface area contributed by atoms with Crippen molar-refractivity contribution in [1.29, 1.82) is 0 Å². The number of fused-ring (bicyclic) bond motifs is 10. The number of methoxy groups -OCH3 is 1. The number of benzene rings is 1. The summed E-state index contributed by atoms with van der Waals surface area (Å²) >= 11 is 0. The number of hydrogen-bond donors (Lipinski definition) is 2. The molecule has 7 rings (SSSR count). The molecule has 0 spiro atoms. The topological polar surface area (TPSA) is 71.5 Å². The van der Waals surface area contributed by atoms with E-state index in [2.05, 4.69) is 77.7 Å². The summed E-state index contributed by atoms with van der Waals surface area (Å²) < 4.78 is 11.4. The Bertz CT molecular complexity index is 1650. The van der Waals surface area contributed by atoms with Gasteiger partial charge >= 0.3 is 5.97 Å². The van der Waals surface area contributed by atoms with Gasteiger partial charge in [-0.15, -0.1) is 0 Å². The molecule has 0 bridgehead atoms. The van der Waals surface area contributed by atoms with Crippen molar-refractivity contribution in [2.75, 3.05) is 7.11 Å². The summed E-state index contributed by atoms with van der Waals surface area (Å²) in [5.74, 6) is 0.972. The van der Waals surface area contributed by atoms with Crippen LogP contribution in [0.2, 0.25) is 0 Å². The summed E-state index contributed by atoms with van der Waals surface area (Å²) in [5.41, 5.74) is 8.28. The Hall–Kier alpha value is -2.63. The van der Waals surface area contributed by atoms with E-state index < -0.39 is 6.10 Å². The smallest absolute Gasteiger partial charge is 0.333 e. The standard InChI is InChI=1S/C39H51NO4/c1-22(34(42)43-9)11-10-15-37(6)31-13-12-24-19-27-26-20-25-23(17-29-28(25)21-35(2,3)44-36(29,4)5)18-30(26)40-33(27)39(24,8)38(31,7)16-14-32(37)41/h10-11,15,18,20-21,24,29,31-32,40-41H,12-14,16-17,19H2,1-9H3/b15-10-,22-11+/t24-,29-,31-,32-,37-,38-,39+/m0/s1. The first-order valence-corrected chi connectivity index (χ1v) is 16.8. The fourth-order valence-electron chi connectivity index (χ4n) is 11.0. The Morgan fingerprint density at radius 1 is 1.07 bits per heavy atom. The molecule has 0 saturated heterocycles. The first-order chi connectivity index (χ1) is 20.6. The number of carbonyl (C=O) groups excluding carboxylic acids is 1. The zero-order chi connectivity index (χ0) is 31.6. The monoisotopic (exact) mass is 597 g/mol. The van der Waals surface area contributed by atoms with Crippen molar-refractivity contribution in [2.24, 2.45) is 28.6 Å². The molecule has 5 heteroatoms. The van der Waals surface area contributed by atoms with E-state index in [1.165, 1.54) is 46.0 Å². The van der Waals surface area contributed by atoms with Crippen LogP contribution in [0, 0.1) is 28.6 Å². The number of aromatic nitrogens is 1. The molecule has 0 radical (unpaired) electrons. The minimum atomic E-state index is -0.412. The molecule has 2 N–H and O–H groups in total. The summed E-state index contributed by atoms with van der Waals surface area (Å²) in [6.07, 6.45) is 14.1. The molecule has 1 aliphatic heterocycles. The van der Waals surface area contributed by atoms with E-state index in [9.17, 15) is 9.90 Å². The Balaban J connectivity index is 1.30. The molecule has 7 atom stereocenters. The summed E-state index contributed by atoms with van der Waals surface area (Å²) in [4.78, 5) is 16.0. The van der Waals surface area contributed by atoms with Gasteiger partial charge in [-0.1, -0.05) is 39.0 Å². The van der Waals surface area contributed by atoms with Gasteiger partial charge in [-0.05, 0) is 131 Å². The third-order valence-corrected chi connectivity index (χ3v) is 13.4. The second-order valence-corrected chi connectivity index (χ2v) is 16.5. The molecule has 0 unspecified atom stereocenters. The van der Waals surface area contributed by atoms with Crippen LogP contribution in [0.4, 0.5) is 0 Å². The number of rotatable bonds is 3. The minimum Gasteiger partial charge on any atom is -0.466 e.